The Hall–Kier alpha value is -1.43. The van der Waals surface area contributed by atoms with E-state index in [1.165, 1.54) is 16.9 Å². The SMILES string of the molecule is O=C(Nc1nc2c(s1)CN(Cc1cccc(Cl)c1)CC2)C1CCC1. The largest absolute Gasteiger partial charge is 0.302 e. The van der Waals surface area contributed by atoms with E-state index in [2.05, 4.69) is 21.3 Å². The molecule has 6 heteroatoms. The Balaban J connectivity index is 1.40. The van der Waals surface area contributed by atoms with Crippen molar-refractivity contribution in [2.45, 2.75) is 38.8 Å². The van der Waals surface area contributed by atoms with Crippen LogP contribution in [0, 0.1) is 5.92 Å². The molecular weight excluding hydrogens is 342 g/mol. The minimum atomic E-state index is 0.142. The monoisotopic (exact) mass is 361 g/mol. The summed E-state index contributed by atoms with van der Waals surface area (Å²) < 4.78 is 0. The number of thiazole rings is 1. The van der Waals surface area contributed by atoms with Crippen molar-refractivity contribution in [3.63, 3.8) is 0 Å². The first-order valence-electron chi connectivity index (χ1n) is 8.43. The van der Waals surface area contributed by atoms with Crippen LogP contribution in [0.3, 0.4) is 0 Å². The molecule has 24 heavy (non-hydrogen) atoms. The number of anilines is 1. The van der Waals surface area contributed by atoms with Crippen LogP contribution in [0.15, 0.2) is 24.3 Å². The van der Waals surface area contributed by atoms with Crippen molar-refractivity contribution in [3.05, 3.63) is 45.4 Å². The van der Waals surface area contributed by atoms with Crippen molar-refractivity contribution >= 4 is 34.0 Å². The van der Waals surface area contributed by atoms with Crippen LogP contribution < -0.4 is 5.32 Å². The van der Waals surface area contributed by atoms with E-state index in [9.17, 15) is 4.79 Å². The molecule has 1 saturated carbocycles. The van der Waals surface area contributed by atoms with E-state index in [4.69, 9.17) is 11.6 Å². The van der Waals surface area contributed by atoms with Crippen LogP contribution in [0.1, 0.15) is 35.4 Å². The van der Waals surface area contributed by atoms with Crippen molar-refractivity contribution in [1.29, 1.82) is 0 Å². The minimum absolute atomic E-state index is 0.142. The molecule has 2 aromatic rings. The molecule has 0 spiro atoms. The lowest BCUT2D eigenvalue weighted by Crippen LogP contribution is -2.29. The summed E-state index contributed by atoms with van der Waals surface area (Å²) in [5, 5.41) is 4.55. The predicted molar refractivity (Wildman–Crippen MR) is 97.4 cm³/mol. The summed E-state index contributed by atoms with van der Waals surface area (Å²) in [5.41, 5.74) is 2.38. The Morgan fingerprint density at radius 3 is 3.04 bits per heavy atom. The normalized spacial score (nSPS) is 18.0. The Morgan fingerprint density at radius 2 is 2.29 bits per heavy atom. The number of rotatable bonds is 4. The third-order valence-electron chi connectivity index (χ3n) is 4.81. The fourth-order valence-electron chi connectivity index (χ4n) is 3.21. The number of halogens is 1. The second kappa shape index (κ2) is 6.82. The molecule has 1 fully saturated rings. The van der Waals surface area contributed by atoms with Crippen LogP contribution in [0.5, 0.6) is 0 Å². The number of aromatic nitrogens is 1. The maximum atomic E-state index is 12.1. The van der Waals surface area contributed by atoms with Crippen molar-refractivity contribution in [3.8, 4) is 0 Å². The molecule has 4 rings (SSSR count). The molecule has 2 heterocycles. The van der Waals surface area contributed by atoms with Crippen LogP contribution in [0.25, 0.3) is 0 Å². The third-order valence-corrected chi connectivity index (χ3v) is 6.04. The van der Waals surface area contributed by atoms with Gasteiger partial charge in [0.15, 0.2) is 5.13 Å². The van der Waals surface area contributed by atoms with Gasteiger partial charge in [-0.2, -0.15) is 0 Å². The number of fused-ring (bicyclic) bond motifs is 1. The van der Waals surface area contributed by atoms with Gasteiger partial charge in [-0.3, -0.25) is 9.69 Å². The van der Waals surface area contributed by atoms with Crippen molar-refractivity contribution in [1.82, 2.24) is 9.88 Å². The fourth-order valence-corrected chi connectivity index (χ4v) is 4.47. The molecule has 0 radical (unpaired) electrons. The lowest BCUT2D eigenvalue weighted by molar-refractivity contribution is -0.122. The standard InChI is InChI=1S/C18H20ClN3OS/c19-14-6-1-3-12(9-14)10-22-8-7-15-16(11-22)24-18(20-15)21-17(23)13-4-2-5-13/h1,3,6,9,13H,2,4-5,7-8,10-11H2,(H,20,21,23). The van der Waals surface area contributed by atoms with Crippen LogP contribution in [0.2, 0.25) is 5.02 Å². The third kappa shape index (κ3) is 3.48. The number of hydrogen-bond acceptors (Lipinski definition) is 4. The molecule has 1 N–H and O–H groups in total. The van der Waals surface area contributed by atoms with Crippen molar-refractivity contribution in [2.24, 2.45) is 5.92 Å². The molecule has 0 saturated heterocycles. The maximum Gasteiger partial charge on any atom is 0.229 e. The summed E-state index contributed by atoms with van der Waals surface area (Å²) in [7, 11) is 0. The van der Waals surface area contributed by atoms with Crippen molar-refractivity contribution in [2.75, 3.05) is 11.9 Å². The zero-order valence-corrected chi connectivity index (χ0v) is 15.0. The smallest absolute Gasteiger partial charge is 0.229 e. The average Bonchev–Trinajstić information content (AvgIpc) is 2.86. The van der Waals surface area contributed by atoms with Gasteiger partial charge in [0.2, 0.25) is 5.91 Å². The van der Waals surface area contributed by atoms with E-state index in [-0.39, 0.29) is 11.8 Å². The number of benzene rings is 1. The molecule has 1 aromatic heterocycles. The highest BCUT2D eigenvalue weighted by atomic mass is 35.5. The first-order chi connectivity index (χ1) is 11.7. The van der Waals surface area contributed by atoms with Gasteiger partial charge in [0, 0.05) is 41.9 Å². The Kier molecular flexibility index (Phi) is 4.57. The average molecular weight is 362 g/mol. The summed E-state index contributed by atoms with van der Waals surface area (Å²) in [6.45, 7) is 2.76. The zero-order chi connectivity index (χ0) is 16.5. The first-order valence-corrected chi connectivity index (χ1v) is 9.63. The molecule has 0 unspecified atom stereocenters. The summed E-state index contributed by atoms with van der Waals surface area (Å²) in [6, 6.07) is 8.03. The molecular formula is C18H20ClN3OS. The predicted octanol–water partition coefficient (Wildman–Crippen LogP) is 4.09. The summed E-state index contributed by atoms with van der Waals surface area (Å²) in [6.07, 6.45) is 4.14. The number of nitrogens with zero attached hydrogens (tertiary/aromatic N) is 2. The van der Waals surface area contributed by atoms with Gasteiger partial charge in [-0.1, -0.05) is 30.2 Å². The zero-order valence-electron chi connectivity index (χ0n) is 13.4. The lowest BCUT2D eigenvalue weighted by Gasteiger charge is -2.25. The highest BCUT2D eigenvalue weighted by Gasteiger charge is 2.27. The number of hydrogen-bond donors (Lipinski definition) is 1. The van der Waals surface area contributed by atoms with Gasteiger partial charge < -0.3 is 5.32 Å². The Morgan fingerprint density at radius 1 is 1.42 bits per heavy atom. The van der Waals surface area contributed by atoms with E-state index in [1.807, 2.05) is 18.2 Å². The minimum Gasteiger partial charge on any atom is -0.302 e. The second-order valence-corrected chi connectivity index (χ2v) is 8.12. The number of carbonyl (C=O) groups excluding carboxylic acids is 1. The van der Waals surface area contributed by atoms with E-state index < -0.39 is 0 Å². The van der Waals surface area contributed by atoms with Crippen LogP contribution in [0.4, 0.5) is 5.13 Å². The molecule has 126 valence electrons. The van der Waals surface area contributed by atoms with Gasteiger partial charge in [-0.25, -0.2) is 4.98 Å². The van der Waals surface area contributed by atoms with Crippen molar-refractivity contribution < 1.29 is 4.79 Å². The second-order valence-electron chi connectivity index (χ2n) is 6.60. The van der Waals surface area contributed by atoms with E-state index in [0.29, 0.717) is 0 Å². The highest BCUT2D eigenvalue weighted by molar-refractivity contribution is 7.15. The number of nitrogens with one attached hydrogen (secondary N) is 1. The Bertz CT molecular complexity index is 756. The number of carbonyl (C=O) groups is 1. The fraction of sp³-hybridized carbons (Fsp3) is 0.444. The maximum absolute atomic E-state index is 12.1. The van der Waals surface area contributed by atoms with Crippen LogP contribution >= 0.6 is 22.9 Å². The number of amides is 1. The molecule has 2 aliphatic rings. The molecule has 4 nitrogen and oxygen atoms in total. The Labute approximate surface area is 150 Å². The van der Waals surface area contributed by atoms with E-state index in [1.54, 1.807) is 11.3 Å². The first kappa shape index (κ1) is 16.1. The lowest BCUT2D eigenvalue weighted by atomic mass is 9.85. The van der Waals surface area contributed by atoms with Crippen LogP contribution in [-0.2, 0) is 24.3 Å². The van der Waals surface area contributed by atoms with E-state index in [0.717, 1.165) is 54.7 Å². The summed E-state index contributed by atoms with van der Waals surface area (Å²) in [5.74, 6) is 0.341. The van der Waals surface area contributed by atoms with Gasteiger partial charge in [-0.05, 0) is 30.5 Å². The molecule has 1 aromatic carbocycles. The highest BCUT2D eigenvalue weighted by Crippen LogP contribution is 2.31. The molecule has 1 aliphatic carbocycles. The summed E-state index contributed by atoms with van der Waals surface area (Å²) in [4.78, 5) is 20.4. The topological polar surface area (TPSA) is 45.2 Å². The summed E-state index contributed by atoms with van der Waals surface area (Å²) >= 11 is 7.69. The van der Waals surface area contributed by atoms with Crippen LogP contribution in [-0.4, -0.2) is 22.3 Å². The van der Waals surface area contributed by atoms with Gasteiger partial charge >= 0.3 is 0 Å². The van der Waals surface area contributed by atoms with Gasteiger partial charge in [0.05, 0.1) is 5.69 Å². The van der Waals surface area contributed by atoms with Gasteiger partial charge in [-0.15, -0.1) is 11.3 Å². The van der Waals surface area contributed by atoms with E-state index >= 15 is 0 Å². The van der Waals surface area contributed by atoms with Gasteiger partial charge in [0.25, 0.3) is 0 Å². The molecule has 1 aliphatic heterocycles. The van der Waals surface area contributed by atoms with Gasteiger partial charge in [0.1, 0.15) is 0 Å². The molecule has 0 bridgehead atoms. The molecule has 0 atom stereocenters. The molecule has 1 amide bonds. The quantitative estimate of drug-likeness (QED) is 0.891.